The summed E-state index contributed by atoms with van der Waals surface area (Å²) in [5.41, 5.74) is 0.944. The monoisotopic (exact) mass is 418 g/mol. The van der Waals surface area contributed by atoms with Crippen LogP contribution >= 0.6 is 0 Å². The Morgan fingerprint density at radius 2 is 1.55 bits per heavy atom. The SMILES string of the molecule is O=C(OCC(=O)N1CCN(S(=O)(=O)Cc2ccccc2)CC1)c1ccc(O)cc1. The summed E-state index contributed by atoms with van der Waals surface area (Å²) in [7, 11) is -3.46. The minimum absolute atomic E-state index is 0.0257. The molecule has 2 aromatic carbocycles. The van der Waals surface area contributed by atoms with Crippen LogP contribution in [-0.2, 0) is 25.3 Å². The first-order chi connectivity index (χ1) is 13.8. The molecule has 0 atom stereocenters. The van der Waals surface area contributed by atoms with Gasteiger partial charge in [-0.1, -0.05) is 30.3 Å². The van der Waals surface area contributed by atoms with Crippen LogP contribution in [-0.4, -0.2) is 67.4 Å². The van der Waals surface area contributed by atoms with Crippen LogP contribution in [0.4, 0.5) is 0 Å². The molecule has 9 heteroatoms. The first-order valence-corrected chi connectivity index (χ1v) is 10.7. The van der Waals surface area contributed by atoms with Gasteiger partial charge in [-0.15, -0.1) is 0 Å². The molecule has 1 aliphatic heterocycles. The second kappa shape index (κ2) is 9.06. The van der Waals surface area contributed by atoms with E-state index in [9.17, 15) is 23.1 Å². The number of rotatable bonds is 6. The maximum absolute atomic E-state index is 12.6. The summed E-state index contributed by atoms with van der Waals surface area (Å²) in [4.78, 5) is 25.7. The fraction of sp³-hybridized carbons (Fsp3) is 0.300. The molecule has 0 aromatic heterocycles. The molecule has 0 bridgehead atoms. The van der Waals surface area contributed by atoms with E-state index in [1.807, 2.05) is 6.07 Å². The lowest BCUT2D eigenvalue weighted by atomic mass is 10.2. The van der Waals surface area contributed by atoms with Crippen molar-refractivity contribution >= 4 is 21.9 Å². The molecule has 0 aliphatic carbocycles. The summed E-state index contributed by atoms with van der Waals surface area (Å²) >= 11 is 0. The molecule has 8 nitrogen and oxygen atoms in total. The number of phenolic OH excluding ortho intramolecular Hbond substituents is 1. The topological polar surface area (TPSA) is 104 Å². The zero-order chi connectivity index (χ0) is 20.9. The quantitative estimate of drug-likeness (QED) is 0.708. The van der Waals surface area contributed by atoms with Gasteiger partial charge in [0.2, 0.25) is 10.0 Å². The average molecular weight is 418 g/mol. The van der Waals surface area contributed by atoms with Crippen molar-refractivity contribution in [2.24, 2.45) is 0 Å². The molecule has 0 spiro atoms. The number of ether oxygens (including phenoxy) is 1. The Morgan fingerprint density at radius 3 is 2.17 bits per heavy atom. The molecule has 2 aromatic rings. The third kappa shape index (κ3) is 5.55. The number of amides is 1. The Bertz CT molecular complexity index is 952. The highest BCUT2D eigenvalue weighted by molar-refractivity contribution is 7.88. The van der Waals surface area contributed by atoms with E-state index in [-0.39, 0.29) is 49.2 Å². The number of nitrogens with zero attached hydrogens (tertiary/aromatic N) is 2. The predicted octanol–water partition coefficient (Wildman–Crippen LogP) is 1.22. The first kappa shape index (κ1) is 20.8. The molecular weight excluding hydrogens is 396 g/mol. The number of carbonyl (C=O) groups excluding carboxylic acids is 2. The minimum Gasteiger partial charge on any atom is -0.508 e. The van der Waals surface area contributed by atoms with Crippen LogP contribution in [0.15, 0.2) is 54.6 Å². The summed E-state index contributed by atoms with van der Waals surface area (Å²) in [5, 5.41) is 9.23. The Balaban J connectivity index is 1.47. The van der Waals surface area contributed by atoms with Crippen molar-refractivity contribution in [3.8, 4) is 5.75 Å². The Morgan fingerprint density at radius 1 is 0.931 bits per heavy atom. The number of hydrogen-bond donors (Lipinski definition) is 1. The van der Waals surface area contributed by atoms with Gasteiger partial charge in [-0.3, -0.25) is 4.79 Å². The van der Waals surface area contributed by atoms with Crippen molar-refractivity contribution in [1.29, 1.82) is 0 Å². The number of piperazine rings is 1. The zero-order valence-corrected chi connectivity index (χ0v) is 16.5. The van der Waals surface area contributed by atoms with E-state index in [2.05, 4.69) is 0 Å². The smallest absolute Gasteiger partial charge is 0.338 e. The van der Waals surface area contributed by atoms with Crippen molar-refractivity contribution in [2.45, 2.75) is 5.75 Å². The van der Waals surface area contributed by atoms with E-state index >= 15 is 0 Å². The molecule has 1 heterocycles. The number of aromatic hydroxyl groups is 1. The fourth-order valence-corrected chi connectivity index (χ4v) is 4.51. The lowest BCUT2D eigenvalue weighted by Gasteiger charge is -2.33. The molecule has 1 aliphatic rings. The summed E-state index contributed by atoms with van der Waals surface area (Å²) < 4.78 is 31.5. The van der Waals surface area contributed by atoms with Gasteiger partial charge in [-0.25, -0.2) is 13.2 Å². The Hall–Kier alpha value is -2.91. The van der Waals surface area contributed by atoms with Gasteiger partial charge in [0.05, 0.1) is 11.3 Å². The zero-order valence-electron chi connectivity index (χ0n) is 15.7. The molecular formula is C20H22N2O6S. The number of sulfonamides is 1. The van der Waals surface area contributed by atoms with Gasteiger partial charge in [0.1, 0.15) is 5.75 Å². The van der Waals surface area contributed by atoms with Crippen LogP contribution in [0.25, 0.3) is 0 Å². The molecule has 29 heavy (non-hydrogen) atoms. The van der Waals surface area contributed by atoms with E-state index < -0.39 is 22.6 Å². The van der Waals surface area contributed by atoms with Gasteiger partial charge >= 0.3 is 5.97 Å². The summed E-state index contributed by atoms with van der Waals surface area (Å²) in [6.07, 6.45) is 0. The number of carbonyl (C=O) groups is 2. The summed E-state index contributed by atoms with van der Waals surface area (Å²) in [5.74, 6) is -1.09. The second-order valence-corrected chi connectivity index (χ2v) is 8.61. The van der Waals surface area contributed by atoms with Crippen molar-refractivity contribution in [1.82, 2.24) is 9.21 Å². The van der Waals surface area contributed by atoms with Crippen LogP contribution in [0.3, 0.4) is 0 Å². The normalized spacial score (nSPS) is 15.1. The Kier molecular flexibility index (Phi) is 6.50. The van der Waals surface area contributed by atoms with E-state index in [1.165, 1.54) is 33.5 Å². The van der Waals surface area contributed by atoms with Crippen molar-refractivity contribution in [2.75, 3.05) is 32.8 Å². The third-order valence-electron chi connectivity index (χ3n) is 4.61. The molecule has 154 valence electrons. The molecule has 0 saturated carbocycles. The van der Waals surface area contributed by atoms with Crippen LogP contribution in [0.2, 0.25) is 0 Å². The number of benzene rings is 2. The van der Waals surface area contributed by atoms with Crippen molar-refractivity contribution in [3.05, 3.63) is 65.7 Å². The van der Waals surface area contributed by atoms with Gasteiger partial charge in [-0.2, -0.15) is 4.31 Å². The van der Waals surface area contributed by atoms with Crippen molar-refractivity contribution in [3.63, 3.8) is 0 Å². The highest BCUT2D eigenvalue weighted by Crippen LogP contribution is 2.14. The molecule has 1 amide bonds. The second-order valence-electron chi connectivity index (χ2n) is 6.64. The van der Waals surface area contributed by atoms with Gasteiger partial charge in [0.15, 0.2) is 6.61 Å². The Labute approximate surface area is 169 Å². The number of hydrogen-bond acceptors (Lipinski definition) is 6. The van der Waals surface area contributed by atoms with Crippen molar-refractivity contribution < 1.29 is 27.9 Å². The standard InChI is InChI=1S/C20H22N2O6S/c23-18-8-6-17(7-9-18)20(25)28-14-19(24)21-10-12-22(13-11-21)29(26,27)15-16-4-2-1-3-5-16/h1-9,23H,10-15H2. The van der Waals surface area contributed by atoms with E-state index in [0.717, 1.165) is 0 Å². The van der Waals surface area contributed by atoms with E-state index in [1.54, 1.807) is 24.3 Å². The highest BCUT2D eigenvalue weighted by Gasteiger charge is 2.29. The molecule has 1 saturated heterocycles. The lowest BCUT2D eigenvalue weighted by molar-refractivity contribution is -0.135. The van der Waals surface area contributed by atoms with E-state index in [0.29, 0.717) is 5.56 Å². The summed E-state index contributed by atoms with van der Waals surface area (Å²) in [6.45, 7) is 0.462. The fourth-order valence-electron chi connectivity index (χ4n) is 2.99. The maximum atomic E-state index is 12.6. The van der Waals surface area contributed by atoms with Gasteiger partial charge in [0, 0.05) is 26.2 Å². The molecule has 0 unspecified atom stereocenters. The van der Waals surface area contributed by atoms with Crippen LogP contribution in [0, 0.1) is 0 Å². The number of esters is 1. The average Bonchev–Trinajstić information content (AvgIpc) is 2.73. The largest absolute Gasteiger partial charge is 0.508 e. The predicted molar refractivity (Wildman–Crippen MR) is 106 cm³/mol. The minimum atomic E-state index is -3.46. The molecule has 1 N–H and O–H groups in total. The highest BCUT2D eigenvalue weighted by atomic mass is 32.2. The van der Waals surface area contributed by atoms with Gasteiger partial charge in [-0.05, 0) is 29.8 Å². The third-order valence-corrected chi connectivity index (χ3v) is 6.46. The van der Waals surface area contributed by atoms with E-state index in [4.69, 9.17) is 4.74 Å². The number of phenols is 1. The summed E-state index contributed by atoms with van der Waals surface area (Å²) in [6, 6.07) is 14.5. The molecule has 3 rings (SSSR count). The van der Waals surface area contributed by atoms with Crippen LogP contribution in [0.1, 0.15) is 15.9 Å². The van der Waals surface area contributed by atoms with Crippen LogP contribution < -0.4 is 0 Å². The van der Waals surface area contributed by atoms with Crippen LogP contribution in [0.5, 0.6) is 5.75 Å². The molecule has 0 radical (unpaired) electrons. The first-order valence-electron chi connectivity index (χ1n) is 9.11. The molecule has 1 fully saturated rings. The maximum Gasteiger partial charge on any atom is 0.338 e. The van der Waals surface area contributed by atoms with Gasteiger partial charge < -0.3 is 14.7 Å². The lowest BCUT2D eigenvalue weighted by Crippen LogP contribution is -2.51. The van der Waals surface area contributed by atoms with Gasteiger partial charge in [0.25, 0.3) is 5.91 Å².